The van der Waals surface area contributed by atoms with Gasteiger partial charge >= 0.3 is 5.69 Å². The standard InChI is InChI=1S/C22H24N4O3/c1-4-16(3)23-20(27)19-21(28)25(14-17-12-10-15(2)11-13-17)22(29)26(24-19)18-8-6-5-7-9-18/h5-13,16H,4,14H2,1-3H3,(H,23,27)/t16-/m1/s1. The highest BCUT2D eigenvalue weighted by Gasteiger charge is 2.21. The van der Waals surface area contributed by atoms with Crippen LogP contribution < -0.4 is 16.6 Å². The fourth-order valence-corrected chi connectivity index (χ4v) is 2.80. The second-order valence-corrected chi connectivity index (χ2v) is 7.04. The lowest BCUT2D eigenvalue weighted by Crippen LogP contribution is -2.47. The van der Waals surface area contributed by atoms with Crippen molar-refractivity contribution in [3.63, 3.8) is 0 Å². The Bertz CT molecular complexity index is 1120. The van der Waals surface area contributed by atoms with Crippen molar-refractivity contribution in [2.75, 3.05) is 0 Å². The Hall–Kier alpha value is -3.48. The number of aryl methyl sites for hydroxylation is 1. The molecule has 0 fully saturated rings. The van der Waals surface area contributed by atoms with E-state index in [0.29, 0.717) is 12.1 Å². The molecule has 0 radical (unpaired) electrons. The zero-order chi connectivity index (χ0) is 21.0. The van der Waals surface area contributed by atoms with Crippen LogP contribution in [0.5, 0.6) is 0 Å². The van der Waals surface area contributed by atoms with E-state index in [9.17, 15) is 14.4 Å². The largest absolute Gasteiger partial charge is 0.352 e. The molecular formula is C22H24N4O3. The number of para-hydroxylation sites is 1. The molecule has 1 N–H and O–H groups in total. The van der Waals surface area contributed by atoms with Gasteiger partial charge in [0.25, 0.3) is 11.5 Å². The van der Waals surface area contributed by atoms with Crippen LogP contribution in [0.4, 0.5) is 0 Å². The van der Waals surface area contributed by atoms with E-state index in [0.717, 1.165) is 20.4 Å². The summed E-state index contributed by atoms with van der Waals surface area (Å²) in [5, 5.41) is 6.86. The number of hydrogen-bond donors (Lipinski definition) is 1. The van der Waals surface area contributed by atoms with Crippen LogP contribution in [0.1, 0.15) is 41.9 Å². The fourth-order valence-electron chi connectivity index (χ4n) is 2.80. The zero-order valence-corrected chi connectivity index (χ0v) is 16.8. The predicted octanol–water partition coefficient (Wildman–Crippen LogP) is 2.28. The molecule has 0 saturated heterocycles. The first-order chi connectivity index (χ1) is 13.9. The third kappa shape index (κ3) is 4.51. The van der Waals surface area contributed by atoms with Crippen molar-refractivity contribution in [1.82, 2.24) is 19.7 Å². The summed E-state index contributed by atoms with van der Waals surface area (Å²) in [6, 6.07) is 16.1. The highest BCUT2D eigenvalue weighted by Crippen LogP contribution is 2.05. The minimum absolute atomic E-state index is 0.0525. The third-order valence-corrected chi connectivity index (χ3v) is 4.73. The Kier molecular flexibility index (Phi) is 6.07. The topological polar surface area (TPSA) is 86.0 Å². The Balaban J connectivity index is 2.16. The van der Waals surface area contributed by atoms with E-state index in [1.807, 2.05) is 51.1 Å². The normalized spacial score (nSPS) is 11.8. The summed E-state index contributed by atoms with van der Waals surface area (Å²) in [5.74, 6) is -0.591. The molecule has 3 rings (SSSR count). The van der Waals surface area contributed by atoms with Gasteiger partial charge in [0.05, 0.1) is 12.2 Å². The average molecular weight is 392 g/mol. The number of rotatable bonds is 6. The molecule has 2 aromatic carbocycles. The quantitative estimate of drug-likeness (QED) is 0.697. The molecule has 29 heavy (non-hydrogen) atoms. The molecule has 0 aliphatic heterocycles. The molecular weight excluding hydrogens is 368 g/mol. The van der Waals surface area contributed by atoms with Crippen molar-refractivity contribution in [3.8, 4) is 5.69 Å². The lowest BCUT2D eigenvalue weighted by atomic mass is 10.1. The van der Waals surface area contributed by atoms with E-state index in [1.165, 1.54) is 0 Å². The van der Waals surface area contributed by atoms with E-state index in [2.05, 4.69) is 10.4 Å². The molecule has 0 unspecified atom stereocenters. The molecule has 1 heterocycles. The van der Waals surface area contributed by atoms with Gasteiger partial charge in [-0.1, -0.05) is 55.0 Å². The molecule has 0 bridgehead atoms. The van der Waals surface area contributed by atoms with Gasteiger partial charge in [-0.25, -0.2) is 4.79 Å². The first-order valence-electron chi connectivity index (χ1n) is 9.56. The van der Waals surface area contributed by atoms with Gasteiger partial charge < -0.3 is 5.32 Å². The van der Waals surface area contributed by atoms with Gasteiger partial charge in [-0.3, -0.25) is 14.2 Å². The average Bonchev–Trinajstić information content (AvgIpc) is 2.73. The van der Waals surface area contributed by atoms with Gasteiger partial charge in [-0.2, -0.15) is 9.78 Å². The number of nitrogens with zero attached hydrogens (tertiary/aromatic N) is 3. The Morgan fingerprint density at radius 2 is 1.72 bits per heavy atom. The maximum atomic E-state index is 13.0. The predicted molar refractivity (Wildman–Crippen MR) is 112 cm³/mol. The van der Waals surface area contributed by atoms with Crippen LogP contribution in [0.15, 0.2) is 64.2 Å². The van der Waals surface area contributed by atoms with E-state index in [1.54, 1.807) is 24.3 Å². The summed E-state index contributed by atoms with van der Waals surface area (Å²) in [5.41, 5.74) is 0.735. The van der Waals surface area contributed by atoms with Crippen LogP contribution in [0, 0.1) is 6.92 Å². The molecule has 0 saturated carbocycles. The van der Waals surface area contributed by atoms with Gasteiger partial charge in [0.1, 0.15) is 0 Å². The summed E-state index contributed by atoms with van der Waals surface area (Å²) < 4.78 is 2.15. The second-order valence-electron chi connectivity index (χ2n) is 7.04. The van der Waals surface area contributed by atoms with Gasteiger partial charge in [-0.05, 0) is 38.0 Å². The number of benzene rings is 2. The maximum absolute atomic E-state index is 13.0. The van der Waals surface area contributed by atoms with Gasteiger partial charge in [-0.15, -0.1) is 0 Å². The SMILES string of the molecule is CC[C@@H](C)NC(=O)c1nn(-c2ccccc2)c(=O)n(Cc2ccc(C)cc2)c1=O. The van der Waals surface area contributed by atoms with Crippen molar-refractivity contribution in [1.29, 1.82) is 0 Å². The summed E-state index contributed by atoms with van der Waals surface area (Å²) in [7, 11) is 0. The summed E-state index contributed by atoms with van der Waals surface area (Å²) >= 11 is 0. The number of carbonyl (C=O) groups is 1. The first-order valence-corrected chi connectivity index (χ1v) is 9.56. The van der Waals surface area contributed by atoms with E-state index >= 15 is 0 Å². The summed E-state index contributed by atoms with van der Waals surface area (Å²) in [6.07, 6.45) is 0.710. The Morgan fingerprint density at radius 3 is 2.34 bits per heavy atom. The van der Waals surface area contributed by atoms with Crippen molar-refractivity contribution >= 4 is 5.91 Å². The number of amides is 1. The van der Waals surface area contributed by atoms with Crippen LogP contribution in [0.25, 0.3) is 5.69 Å². The first kappa shape index (κ1) is 20.3. The highest BCUT2D eigenvalue weighted by molar-refractivity contribution is 5.91. The van der Waals surface area contributed by atoms with Gasteiger partial charge in [0.2, 0.25) is 5.69 Å². The summed E-state index contributed by atoms with van der Waals surface area (Å²) in [6.45, 7) is 5.79. The smallest absolute Gasteiger partial charge is 0.348 e. The minimum Gasteiger partial charge on any atom is -0.348 e. The van der Waals surface area contributed by atoms with Crippen LogP contribution in [-0.2, 0) is 6.54 Å². The highest BCUT2D eigenvalue weighted by atomic mass is 16.2. The number of hydrogen-bond acceptors (Lipinski definition) is 4. The minimum atomic E-state index is -0.705. The lowest BCUT2D eigenvalue weighted by Gasteiger charge is -2.14. The molecule has 0 aliphatic carbocycles. The molecule has 7 heteroatoms. The molecule has 0 spiro atoms. The number of carbonyl (C=O) groups excluding carboxylic acids is 1. The van der Waals surface area contributed by atoms with Crippen LogP contribution in [0.3, 0.4) is 0 Å². The molecule has 0 aliphatic rings. The lowest BCUT2D eigenvalue weighted by molar-refractivity contribution is 0.0929. The monoisotopic (exact) mass is 392 g/mol. The van der Waals surface area contributed by atoms with E-state index < -0.39 is 17.2 Å². The molecule has 7 nitrogen and oxygen atoms in total. The van der Waals surface area contributed by atoms with Crippen molar-refractivity contribution < 1.29 is 4.79 Å². The van der Waals surface area contributed by atoms with Crippen LogP contribution >= 0.6 is 0 Å². The van der Waals surface area contributed by atoms with Crippen molar-refractivity contribution in [2.24, 2.45) is 0 Å². The fraction of sp³-hybridized carbons (Fsp3) is 0.273. The van der Waals surface area contributed by atoms with Gasteiger partial charge in [0, 0.05) is 6.04 Å². The van der Waals surface area contributed by atoms with Gasteiger partial charge in [0.15, 0.2) is 0 Å². The number of aromatic nitrogens is 3. The molecule has 1 atom stereocenters. The summed E-state index contributed by atoms with van der Waals surface area (Å²) in [4.78, 5) is 38.7. The molecule has 1 aromatic heterocycles. The zero-order valence-electron chi connectivity index (χ0n) is 16.8. The second kappa shape index (κ2) is 8.68. The van der Waals surface area contributed by atoms with Crippen LogP contribution in [0.2, 0.25) is 0 Å². The Labute approximate surface area is 168 Å². The number of nitrogens with one attached hydrogen (secondary N) is 1. The molecule has 150 valence electrons. The van der Waals surface area contributed by atoms with E-state index in [-0.39, 0.29) is 18.3 Å². The van der Waals surface area contributed by atoms with Crippen molar-refractivity contribution in [2.45, 2.75) is 39.8 Å². The van der Waals surface area contributed by atoms with E-state index in [4.69, 9.17) is 0 Å². The van der Waals surface area contributed by atoms with Crippen LogP contribution in [-0.4, -0.2) is 26.3 Å². The molecule has 3 aromatic rings. The Morgan fingerprint density at radius 1 is 1.07 bits per heavy atom. The molecule has 1 amide bonds. The van der Waals surface area contributed by atoms with Crippen molar-refractivity contribution in [3.05, 3.63) is 92.3 Å². The maximum Gasteiger partial charge on any atom is 0.352 e. The third-order valence-electron chi connectivity index (χ3n) is 4.73.